The lowest BCUT2D eigenvalue weighted by Gasteiger charge is -2.36. The van der Waals surface area contributed by atoms with Gasteiger partial charge < -0.3 is 4.90 Å². The van der Waals surface area contributed by atoms with Gasteiger partial charge in [0.25, 0.3) is 5.56 Å². The topological polar surface area (TPSA) is 40.9 Å². The van der Waals surface area contributed by atoms with Gasteiger partial charge in [0.2, 0.25) is 0 Å². The van der Waals surface area contributed by atoms with Crippen molar-refractivity contribution < 1.29 is 0 Å². The van der Waals surface area contributed by atoms with E-state index < -0.39 is 0 Å². The molecule has 140 valence electrons. The van der Waals surface area contributed by atoms with E-state index in [1.165, 1.54) is 11.3 Å². The number of benzene rings is 1. The van der Waals surface area contributed by atoms with Crippen LogP contribution in [0.25, 0.3) is 5.65 Å². The Kier molecular flexibility index (Phi) is 4.89. The molecule has 0 spiro atoms. The van der Waals surface area contributed by atoms with Crippen molar-refractivity contribution in [2.75, 3.05) is 31.1 Å². The van der Waals surface area contributed by atoms with Gasteiger partial charge in [0.15, 0.2) is 0 Å². The molecule has 1 aromatic carbocycles. The predicted molar refractivity (Wildman–Crippen MR) is 110 cm³/mol. The number of nitrogens with zero attached hydrogens (tertiary/aromatic N) is 4. The maximum absolute atomic E-state index is 12.5. The van der Waals surface area contributed by atoms with Gasteiger partial charge in [0, 0.05) is 55.2 Å². The van der Waals surface area contributed by atoms with Gasteiger partial charge in [-0.2, -0.15) is 0 Å². The smallest absolute Gasteiger partial charge is 0.258 e. The lowest BCUT2D eigenvalue weighted by Crippen LogP contribution is -2.46. The Morgan fingerprint density at radius 3 is 2.59 bits per heavy atom. The van der Waals surface area contributed by atoms with E-state index in [4.69, 9.17) is 11.6 Å². The molecular formula is C21H23ClN4O. The van der Waals surface area contributed by atoms with Gasteiger partial charge in [-0.15, -0.1) is 0 Å². The molecule has 0 saturated carbocycles. The zero-order chi connectivity index (χ0) is 19.0. The number of hydrogen-bond acceptors (Lipinski definition) is 4. The molecule has 6 heteroatoms. The van der Waals surface area contributed by atoms with Crippen molar-refractivity contribution in [1.29, 1.82) is 0 Å². The number of rotatable bonds is 3. The quantitative estimate of drug-likeness (QED) is 0.697. The van der Waals surface area contributed by atoms with E-state index in [2.05, 4.69) is 27.8 Å². The van der Waals surface area contributed by atoms with Crippen LogP contribution in [0.15, 0.2) is 47.3 Å². The van der Waals surface area contributed by atoms with Crippen LogP contribution in [0.2, 0.25) is 5.02 Å². The fourth-order valence-electron chi connectivity index (χ4n) is 3.74. The van der Waals surface area contributed by atoms with E-state index in [1.807, 2.05) is 37.3 Å². The molecule has 3 aromatic rings. The second kappa shape index (κ2) is 7.33. The summed E-state index contributed by atoms with van der Waals surface area (Å²) in [6.45, 7) is 8.47. The minimum absolute atomic E-state index is 0.0127. The van der Waals surface area contributed by atoms with E-state index in [1.54, 1.807) is 10.5 Å². The summed E-state index contributed by atoms with van der Waals surface area (Å²) in [7, 11) is 0. The van der Waals surface area contributed by atoms with E-state index in [0.29, 0.717) is 12.2 Å². The van der Waals surface area contributed by atoms with E-state index in [9.17, 15) is 4.79 Å². The Balaban J connectivity index is 1.47. The highest BCUT2D eigenvalue weighted by Crippen LogP contribution is 2.25. The fraction of sp³-hybridized carbons (Fsp3) is 0.333. The summed E-state index contributed by atoms with van der Waals surface area (Å²) in [5.74, 6) is 0. The molecule has 0 aliphatic carbocycles. The third-order valence-corrected chi connectivity index (χ3v) is 5.44. The highest BCUT2D eigenvalue weighted by atomic mass is 35.5. The first-order valence-corrected chi connectivity index (χ1v) is 9.61. The first-order chi connectivity index (χ1) is 13.0. The monoisotopic (exact) mass is 382 g/mol. The van der Waals surface area contributed by atoms with Crippen molar-refractivity contribution in [3.05, 3.63) is 74.8 Å². The van der Waals surface area contributed by atoms with Gasteiger partial charge in [0.05, 0.1) is 5.69 Å². The molecule has 0 atom stereocenters. The molecule has 5 nitrogen and oxygen atoms in total. The van der Waals surface area contributed by atoms with Crippen molar-refractivity contribution in [3.63, 3.8) is 0 Å². The minimum Gasteiger partial charge on any atom is -0.369 e. The summed E-state index contributed by atoms with van der Waals surface area (Å²) in [5, 5.41) is 0.772. The number of aromatic nitrogens is 2. The summed E-state index contributed by atoms with van der Waals surface area (Å²) in [6.07, 6.45) is 0. The molecule has 0 bridgehead atoms. The largest absolute Gasteiger partial charge is 0.369 e. The molecule has 0 radical (unpaired) electrons. The molecule has 1 saturated heterocycles. The Morgan fingerprint density at radius 1 is 1.04 bits per heavy atom. The normalized spacial score (nSPS) is 15.4. The molecule has 2 aromatic heterocycles. The summed E-state index contributed by atoms with van der Waals surface area (Å²) in [4.78, 5) is 21.9. The van der Waals surface area contributed by atoms with Gasteiger partial charge in [-0.1, -0.05) is 23.7 Å². The van der Waals surface area contributed by atoms with Gasteiger partial charge >= 0.3 is 0 Å². The highest BCUT2D eigenvalue weighted by molar-refractivity contribution is 6.30. The lowest BCUT2D eigenvalue weighted by molar-refractivity contribution is 0.247. The molecule has 1 aliphatic rings. The molecule has 0 amide bonds. The number of hydrogen-bond donors (Lipinski definition) is 0. The lowest BCUT2D eigenvalue weighted by atomic mass is 10.1. The molecular weight excluding hydrogens is 360 g/mol. The molecule has 4 rings (SSSR count). The van der Waals surface area contributed by atoms with Crippen LogP contribution in [-0.4, -0.2) is 40.5 Å². The van der Waals surface area contributed by atoms with Gasteiger partial charge in [0.1, 0.15) is 5.65 Å². The molecule has 27 heavy (non-hydrogen) atoms. The van der Waals surface area contributed by atoms with Crippen LogP contribution in [0.1, 0.15) is 17.0 Å². The van der Waals surface area contributed by atoms with Crippen LogP contribution in [0.4, 0.5) is 5.69 Å². The van der Waals surface area contributed by atoms with Crippen molar-refractivity contribution in [2.24, 2.45) is 0 Å². The summed E-state index contributed by atoms with van der Waals surface area (Å²) < 4.78 is 1.66. The number of piperazine rings is 1. The second-order valence-corrected chi connectivity index (χ2v) is 7.58. The average molecular weight is 383 g/mol. The Labute approximate surface area is 163 Å². The zero-order valence-corrected chi connectivity index (χ0v) is 16.4. The van der Waals surface area contributed by atoms with Gasteiger partial charge in [-0.25, -0.2) is 4.98 Å². The van der Waals surface area contributed by atoms with E-state index >= 15 is 0 Å². The minimum atomic E-state index is -0.0127. The number of pyridine rings is 1. The van der Waals surface area contributed by atoms with Crippen LogP contribution in [0.3, 0.4) is 0 Å². The summed E-state index contributed by atoms with van der Waals surface area (Å²) >= 11 is 6.17. The maximum Gasteiger partial charge on any atom is 0.258 e. The van der Waals surface area contributed by atoms with E-state index in [-0.39, 0.29) is 5.56 Å². The molecule has 0 unspecified atom stereocenters. The van der Waals surface area contributed by atoms with Crippen LogP contribution < -0.4 is 10.5 Å². The Bertz CT molecular complexity index is 1040. The van der Waals surface area contributed by atoms with Gasteiger partial charge in [-0.3, -0.25) is 14.1 Å². The van der Waals surface area contributed by atoms with Crippen molar-refractivity contribution in [1.82, 2.24) is 14.3 Å². The van der Waals surface area contributed by atoms with Crippen molar-refractivity contribution >= 4 is 22.9 Å². The first kappa shape index (κ1) is 18.0. The molecule has 1 aliphatic heterocycles. The zero-order valence-electron chi connectivity index (χ0n) is 15.7. The van der Waals surface area contributed by atoms with Crippen molar-refractivity contribution in [2.45, 2.75) is 20.4 Å². The average Bonchev–Trinajstić information content (AvgIpc) is 2.64. The first-order valence-electron chi connectivity index (χ1n) is 9.23. The standard InChI is InChI=1S/C21H23ClN4O/c1-15-6-7-17(22)12-19(15)25-10-8-24(9-11-25)14-18-13-21(27)26-16(2)4-3-5-20(26)23-18/h3-7,12-13H,8-11,14H2,1-2H3. The molecule has 0 N–H and O–H groups in total. The van der Waals surface area contributed by atoms with Crippen LogP contribution in [-0.2, 0) is 6.54 Å². The Hall–Kier alpha value is -2.37. The number of anilines is 1. The molecule has 3 heterocycles. The van der Waals surface area contributed by atoms with Crippen LogP contribution in [0, 0.1) is 13.8 Å². The number of aryl methyl sites for hydroxylation is 2. The van der Waals surface area contributed by atoms with Gasteiger partial charge in [-0.05, 0) is 43.7 Å². The van der Waals surface area contributed by atoms with E-state index in [0.717, 1.165) is 42.6 Å². The Morgan fingerprint density at radius 2 is 1.81 bits per heavy atom. The third-order valence-electron chi connectivity index (χ3n) is 5.20. The van der Waals surface area contributed by atoms with Crippen molar-refractivity contribution in [3.8, 4) is 0 Å². The fourth-order valence-corrected chi connectivity index (χ4v) is 3.91. The van der Waals surface area contributed by atoms with Crippen LogP contribution >= 0.6 is 11.6 Å². The SMILES string of the molecule is Cc1ccc(Cl)cc1N1CCN(Cc2cc(=O)n3c(C)cccc3n2)CC1. The highest BCUT2D eigenvalue weighted by Gasteiger charge is 2.19. The maximum atomic E-state index is 12.5. The number of halogens is 1. The third kappa shape index (κ3) is 3.70. The number of fused-ring (bicyclic) bond motifs is 1. The second-order valence-electron chi connectivity index (χ2n) is 7.14. The summed E-state index contributed by atoms with van der Waals surface area (Å²) in [6, 6.07) is 13.5. The summed E-state index contributed by atoms with van der Waals surface area (Å²) in [5.41, 5.74) is 4.89. The van der Waals surface area contributed by atoms with Crippen LogP contribution in [0.5, 0.6) is 0 Å². The molecule has 1 fully saturated rings. The predicted octanol–water partition coefficient (Wildman–Crippen LogP) is 3.29.